The average molecular weight is 631 g/mol. The second-order valence-corrected chi connectivity index (χ2v) is 13.8. The maximum Gasteiger partial charge on any atom is 0.201 e. The van der Waals surface area contributed by atoms with Crippen molar-refractivity contribution in [1.29, 1.82) is 0 Å². The Hall–Kier alpha value is -3.01. The summed E-state index contributed by atoms with van der Waals surface area (Å²) in [6.07, 6.45) is 22.7. The number of unbranched alkanes of at least 4 members (excludes halogenated alkanes) is 6. The molecule has 1 nitrogen and oxygen atoms in total. The molecule has 3 aromatic rings. The quantitative estimate of drug-likeness (QED) is 0.127. The monoisotopic (exact) mass is 630 g/mol. The van der Waals surface area contributed by atoms with E-state index in [0.29, 0.717) is 23.7 Å². The van der Waals surface area contributed by atoms with Crippen LogP contribution < -0.4 is 4.74 Å². The van der Waals surface area contributed by atoms with Gasteiger partial charge in [0.1, 0.15) is 5.82 Å². The van der Waals surface area contributed by atoms with Gasteiger partial charge in [-0.1, -0.05) is 94.0 Å². The summed E-state index contributed by atoms with van der Waals surface area (Å²) in [5.74, 6) is 0.717. The molecule has 0 heterocycles. The third-order valence-corrected chi connectivity index (χ3v) is 10.7. The first-order valence-corrected chi connectivity index (χ1v) is 18.1. The molecule has 3 aromatic carbocycles. The summed E-state index contributed by atoms with van der Waals surface area (Å²) in [6, 6.07) is 15.8. The molecular weight excluding hydrogens is 577 g/mol. The summed E-state index contributed by atoms with van der Waals surface area (Å²) < 4.78 is 50.9. The van der Waals surface area contributed by atoms with E-state index in [0.717, 1.165) is 61.0 Å². The number of benzene rings is 3. The average Bonchev–Trinajstić information content (AvgIpc) is 3.08. The van der Waals surface area contributed by atoms with Gasteiger partial charge in [-0.2, -0.15) is 4.39 Å². The second kappa shape index (κ2) is 17.2. The maximum atomic E-state index is 15.4. The Labute approximate surface area is 275 Å². The molecule has 0 spiro atoms. The van der Waals surface area contributed by atoms with E-state index in [2.05, 4.69) is 32.1 Å². The van der Waals surface area contributed by atoms with Crippen molar-refractivity contribution in [2.45, 2.75) is 116 Å². The summed E-state index contributed by atoms with van der Waals surface area (Å²) in [6.45, 7) is 4.70. The zero-order valence-electron chi connectivity index (χ0n) is 28.0. The van der Waals surface area contributed by atoms with Crippen molar-refractivity contribution < 1.29 is 17.9 Å². The van der Waals surface area contributed by atoms with Gasteiger partial charge in [0, 0.05) is 11.1 Å². The van der Waals surface area contributed by atoms with Gasteiger partial charge in [0.2, 0.25) is 5.82 Å². The first kappa shape index (κ1) is 34.3. The van der Waals surface area contributed by atoms with Crippen LogP contribution in [0.5, 0.6) is 5.75 Å². The highest BCUT2D eigenvalue weighted by Crippen LogP contribution is 2.44. The first-order chi connectivity index (χ1) is 22.5. The molecule has 2 aliphatic rings. The highest BCUT2D eigenvalue weighted by molar-refractivity contribution is 5.71. The molecule has 0 amide bonds. The minimum absolute atomic E-state index is 0.0494. The highest BCUT2D eigenvalue weighted by atomic mass is 19.2. The Balaban J connectivity index is 1.14. The van der Waals surface area contributed by atoms with Crippen molar-refractivity contribution in [2.24, 2.45) is 17.8 Å². The molecule has 2 saturated carbocycles. The lowest BCUT2D eigenvalue weighted by atomic mass is 9.68. The molecule has 0 saturated heterocycles. The molecule has 0 atom stereocenters. The van der Waals surface area contributed by atoms with E-state index < -0.39 is 11.6 Å². The van der Waals surface area contributed by atoms with Crippen LogP contribution in [0, 0.1) is 35.2 Å². The SMILES string of the molecule is CC=CC1CCC(C2CCC(c3ccc(-c4ccc(-c5ccc(OCCCCCCCCC)c(F)c5F)cc4)c(F)c3)CC2)CC1. The lowest BCUT2D eigenvalue weighted by Crippen LogP contribution is -2.25. The third-order valence-electron chi connectivity index (χ3n) is 10.7. The van der Waals surface area contributed by atoms with Crippen LogP contribution in [0.3, 0.4) is 0 Å². The molecule has 5 rings (SSSR count). The lowest BCUT2D eigenvalue weighted by molar-refractivity contribution is 0.171. The minimum Gasteiger partial charge on any atom is -0.490 e. The molecular formula is C42H53F3O. The van der Waals surface area contributed by atoms with Crippen LogP contribution >= 0.6 is 0 Å². The largest absolute Gasteiger partial charge is 0.490 e. The number of halogens is 3. The van der Waals surface area contributed by atoms with Crippen molar-refractivity contribution in [3.8, 4) is 28.0 Å². The highest BCUT2D eigenvalue weighted by Gasteiger charge is 2.31. The summed E-state index contributed by atoms with van der Waals surface area (Å²) in [5.41, 5.74) is 3.07. The normalized spacial score (nSPS) is 21.9. The second-order valence-electron chi connectivity index (χ2n) is 13.8. The maximum absolute atomic E-state index is 15.4. The van der Waals surface area contributed by atoms with Gasteiger partial charge in [-0.05, 0) is 123 Å². The lowest BCUT2D eigenvalue weighted by Gasteiger charge is -2.37. The predicted octanol–water partition coefficient (Wildman–Crippen LogP) is 13.2. The fourth-order valence-electron chi connectivity index (χ4n) is 7.96. The molecule has 0 aliphatic heterocycles. The number of hydrogen-bond acceptors (Lipinski definition) is 1. The Morgan fingerprint density at radius 2 is 1.24 bits per heavy atom. The van der Waals surface area contributed by atoms with Crippen LogP contribution in [-0.4, -0.2) is 6.61 Å². The summed E-state index contributed by atoms with van der Waals surface area (Å²) >= 11 is 0. The Morgan fingerprint density at radius 1 is 0.652 bits per heavy atom. The van der Waals surface area contributed by atoms with Gasteiger partial charge in [0.05, 0.1) is 6.61 Å². The summed E-state index contributed by atoms with van der Waals surface area (Å²) in [5, 5.41) is 0. The first-order valence-electron chi connectivity index (χ1n) is 18.1. The van der Waals surface area contributed by atoms with Gasteiger partial charge >= 0.3 is 0 Å². The van der Waals surface area contributed by atoms with Gasteiger partial charge in [-0.25, -0.2) is 8.78 Å². The number of rotatable bonds is 14. The summed E-state index contributed by atoms with van der Waals surface area (Å²) in [7, 11) is 0. The van der Waals surface area contributed by atoms with E-state index in [4.69, 9.17) is 4.74 Å². The van der Waals surface area contributed by atoms with E-state index in [1.54, 1.807) is 36.4 Å². The Kier molecular flexibility index (Phi) is 12.9. The molecule has 0 unspecified atom stereocenters. The van der Waals surface area contributed by atoms with Crippen molar-refractivity contribution >= 4 is 0 Å². The van der Waals surface area contributed by atoms with Gasteiger partial charge in [0.15, 0.2) is 11.6 Å². The van der Waals surface area contributed by atoms with E-state index in [9.17, 15) is 4.39 Å². The number of hydrogen-bond donors (Lipinski definition) is 0. The van der Waals surface area contributed by atoms with Gasteiger partial charge < -0.3 is 4.74 Å². The predicted molar refractivity (Wildman–Crippen MR) is 186 cm³/mol. The van der Waals surface area contributed by atoms with E-state index in [1.807, 2.05) is 6.07 Å². The smallest absolute Gasteiger partial charge is 0.201 e. The fraction of sp³-hybridized carbons (Fsp3) is 0.524. The van der Waals surface area contributed by atoms with Gasteiger partial charge in [-0.3, -0.25) is 0 Å². The minimum atomic E-state index is -0.961. The fourth-order valence-corrected chi connectivity index (χ4v) is 7.96. The zero-order chi connectivity index (χ0) is 32.3. The summed E-state index contributed by atoms with van der Waals surface area (Å²) in [4.78, 5) is 0. The van der Waals surface area contributed by atoms with Crippen LogP contribution in [0.25, 0.3) is 22.3 Å². The van der Waals surface area contributed by atoms with Crippen LogP contribution in [0.15, 0.2) is 66.7 Å². The zero-order valence-corrected chi connectivity index (χ0v) is 28.0. The van der Waals surface area contributed by atoms with Crippen LogP contribution in [-0.2, 0) is 0 Å². The molecule has 248 valence electrons. The molecule has 46 heavy (non-hydrogen) atoms. The molecule has 0 bridgehead atoms. The van der Waals surface area contributed by atoms with E-state index in [-0.39, 0.29) is 17.1 Å². The topological polar surface area (TPSA) is 9.23 Å². The van der Waals surface area contributed by atoms with Crippen LogP contribution in [0.4, 0.5) is 13.2 Å². The van der Waals surface area contributed by atoms with Gasteiger partial charge in [0.25, 0.3) is 0 Å². The Bertz CT molecular complexity index is 1400. The van der Waals surface area contributed by atoms with E-state index in [1.165, 1.54) is 70.3 Å². The molecule has 0 aromatic heterocycles. The van der Waals surface area contributed by atoms with Crippen molar-refractivity contribution in [2.75, 3.05) is 6.61 Å². The molecule has 2 fully saturated rings. The molecule has 0 radical (unpaired) electrons. The molecule has 0 N–H and O–H groups in total. The van der Waals surface area contributed by atoms with Crippen molar-refractivity contribution in [1.82, 2.24) is 0 Å². The van der Waals surface area contributed by atoms with Crippen LogP contribution in [0.2, 0.25) is 0 Å². The van der Waals surface area contributed by atoms with Crippen LogP contribution in [0.1, 0.15) is 122 Å². The standard InChI is InChI=1S/C42H53F3O/c1-3-5-6-7-8-9-10-28-46-40-27-26-38(41(44)42(40)45)35-22-20-34(21-23-35)37-25-24-36(29-39(37)43)33-18-16-32(17-19-33)31-14-12-30(11-4-2)13-15-31/h4,11,20-27,29-33H,3,5-10,12-19,28H2,1-2H3. The van der Waals surface area contributed by atoms with Gasteiger partial charge in [-0.15, -0.1) is 0 Å². The molecule has 4 heteroatoms. The number of allylic oxidation sites excluding steroid dienone is 2. The van der Waals surface area contributed by atoms with Crippen molar-refractivity contribution in [3.63, 3.8) is 0 Å². The van der Waals surface area contributed by atoms with E-state index >= 15 is 8.78 Å². The molecule has 2 aliphatic carbocycles. The number of ether oxygens (including phenoxy) is 1. The third kappa shape index (κ3) is 8.87. The van der Waals surface area contributed by atoms with Crippen molar-refractivity contribution in [3.05, 3.63) is 89.8 Å². The Morgan fingerprint density at radius 3 is 1.87 bits per heavy atom.